The molecule has 0 atom stereocenters. The maximum atomic E-state index is 18.1. The van der Waals surface area contributed by atoms with Crippen LogP contribution in [-0.4, -0.2) is 16.1 Å². The van der Waals surface area contributed by atoms with E-state index in [9.17, 15) is 0 Å². The summed E-state index contributed by atoms with van der Waals surface area (Å²) in [7, 11) is -3.35. The third-order valence-electron chi connectivity index (χ3n) is 17.5. The van der Waals surface area contributed by atoms with E-state index in [0.29, 0.717) is 22.5 Å². The Kier molecular flexibility index (Phi) is 13.6. The molecular weight excluding hydrogens is 1060 g/mol. The first-order chi connectivity index (χ1) is 40.4. The van der Waals surface area contributed by atoms with E-state index in [0.717, 1.165) is 77.9 Å². The number of aryl methyl sites for hydroxylation is 1. The van der Waals surface area contributed by atoms with Gasteiger partial charge in [-0.3, -0.25) is 0 Å². The number of fused-ring (bicyclic) bond motifs is 4. The molecule has 13 rings (SSSR count). The van der Waals surface area contributed by atoms with Crippen LogP contribution >= 0.6 is 0 Å². The van der Waals surface area contributed by atoms with Gasteiger partial charge in [0.05, 0.1) is 27.5 Å². The van der Waals surface area contributed by atoms with Crippen molar-refractivity contribution < 1.29 is 8.78 Å². The number of hydrogen-bond donors (Lipinski definition) is 0. The van der Waals surface area contributed by atoms with Crippen LogP contribution in [0.1, 0.15) is 30.5 Å². The van der Waals surface area contributed by atoms with Crippen LogP contribution in [0.15, 0.2) is 249 Å². The fourth-order valence-electron chi connectivity index (χ4n) is 12.9. The molecule has 12 aromatic carbocycles. The molecule has 1 aliphatic rings. The molecule has 0 unspecified atom stereocenters. The highest BCUT2D eigenvalue weighted by molar-refractivity contribution is 6.89. The molecule has 0 aliphatic heterocycles. The average Bonchev–Trinajstić information content (AvgIpc) is 0.950. The lowest BCUT2D eigenvalue weighted by molar-refractivity contribution is 0.632. The fourth-order valence-corrected chi connectivity index (χ4v) is 15.2. The maximum Gasteiger partial charge on any atom is 0.155 e. The minimum atomic E-state index is -1.67. The van der Waals surface area contributed by atoms with Crippen molar-refractivity contribution >= 4 is 82.2 Å². The smallest absolute Gasteiger partial charge is 0.155 e. The first kappa shape index (κ1) is 54.3. The molecule has 0 N–H and O–H groups in total. The minimum absolute atomic E-state index is 0.283. The van der Waals surface area contributed by atoms with E-state index in [1.54, 1.807) is 0 Å². The van der Waals surface area contributed by atoms with Crippen molar-refractivity contribution in [2.75, 3.05) is 9.80 Å². The molecule has 412 valence electrons. The molecule has 0 saturated heterocycles. The predicted molar refractivity (Wildman–Crippen MR) is 361 cm³/mol. The van der Waals surface area contributed by atoms with Crippen molar-refractivity contribution in [2.24, 2.45) is 0 Å². The highest BCUT2D eigenvalue weighted by Gasteiger charge is 2.37. The summed E-state index contributed by atoms with van der Waals surface area (Å²) in [4.78, 5) is 4.26. The van der Waals surface area contributed by atoms with Gasteiger partial charge >= 0.3 is 0 Å². The van der Waals surface area contributed by atoms with E-state index in [4.69, 9.17) is 0 Å². The van der Waals surface area contributed by atoms with Crippen LogP contribution in [0.3, 0.4) is 0 Å². The van der Waals surface area contributed by atoms with Crippen LogP contribution in [-0.2, 0) is 5.41 Å². The quantitative estimate of drug-likeness (QED) is 0.0889. The van der Waals surface area contributed by atoms with Crippen LogP contribution in [0.25, 0.3) is 77.2 Å². The molecule has 1 aliphatic carbocycles. The van der Waals surface area contributed by atoms with Crippen molar-refractivity contribution in [3.63, 3.8) is 0 Å². The summed E-state index contributed by atoms with van der Waals surface area (Å²) in [5, 5.41) is 7.26. The van der Waals surface area contributed by atoms with Gasteiger partial charge in [-0.15, -0.1) is 0 Å². The minimum Gasteiger partial charge on any atom is -0.308 e. The molecule has 0 aromatic heterocycles. The third kappa shape index (κ3) is 9.57. The summed E-state index contributed by atoms with van der Waals surface area (Å²) in [6, 6.07) is 86.3. The van der Waals surface area contributed by atoms with Gasteiger partial charge in [0.25, 0.3) is 0 Å². The largest absolute Gasteiger partial charge is 0.308 e. The van der Waals surface area contributed by atoms with Crippen LogP contribution in [0, 0.1) is 18.6 Å². The number of rotatable bonds is 12. The molecule has 0 bridgehead atoms. The van der Waals surface area contributed by atoms with Gasteiger partial charge in [0, 0.05) is 39.3 Å². The molecule has 0 heterocycles. The molecule has 0 amide bonds. The zero-order chi connectivity index (χ0) is 58.2. The Bertz CT molecular complexity index is 4470. The molecule has 2 nitrogen and oxygen atoms in total. The van der Waals surface area contributed by atoms with Crippen molar-refractivity contribution in [1.29, 1.82) is 0 Å². The average molecular weight is 1130 g/mol. The standard InChI is InChI=1S/C78H68F2N2Si2/c1-51-64-43-37-60(81(58-33-39-62(40-34-58)83(4,5)6)72-47-56(52-23-14-10-15-24-52)45-67(76(72)79)54-27-18-12-19-28-54)49-69(64)65-31-22-32-70-75(65)74(51)66-44-38-61(50-71(66)78(70,2)3)82(59-35-41-63(42-36-59)84(7,8)9)73-48-57(53-25-16-11-17-26-53)46-68(77(73)80)55-29-20-13-21-30-55/h10-50H,1-9H3. The summed E-state index contributed by atoms with van der Waals surface area (Å²) < 4.78 is 36.1. The molecular formula is C78H68F2N2Si2. The molecule has 0 spiro atoms. The van der Waals surface area contributed by atoms with Gasteiger partial charge in [-0.2, -0.15) is 0 Å². The zero-order valence-electron chi connectivity index (χ0n) is 49.3. The SMILES string of the molecule is Cc1c2c3c(cccc3c3cc(N(c4ccc([Si](C)(C)C)cc4)c4cc(-c5ccccc5)cc(-c5ccccc5)c4F)ccc13)C(C)(C)c1cc(N(c3ccc([Si](C)(C)C)cc3)c3cc(-c4ccccc4)cc(-c4ccccc4)c3F)ccc1-2. The van der Waals surface area contributed by atoms with E-state index in [2.05, 4.69) is 197 Å². The molecule has 84 heavy (non-hydrogen) atoms. The Labute approximate surface area is 496 Å². The van der Waals surface area contributed by atoms with Gasteiger partial charge in [-0.25, -0.2) is 8.78 Å². The zero-order valence-corrected chi connectivity index (χ0v) is 51.3. The third-order valence-corrected chi connectivity index (χ3v) is 21.6. The number of nitrogens with zero attached hydrogens (tertiary/aromatic N) is 2. The Balaban J connectivity index is 1.01. The normalized spacial score (nSPS) is 12.8. The van der Waals surface area contributed by atoms with Gasteiger partial charge in [0.15, 0.2) is 11.6 Å². The lowest BCUT2D eigenvalue weighted by atomic mass is 9.67. The molecule has 0 radical (unpaired) electrons. The topological polar surface area (TPSA) is 6.48 Å². The van der Waals surface area contributed by atoms with Crippen LogP contribution in [0.5, 0.6) is 0 Å². The van der Waals surface area contributed by atoms with E-state index in [1.807, 2.05) is 121 Å². The second-order valence-electron chi connectivity index (χ2n) is 25.3. The second-order valence-corrected chi connectivity index (χ2v) is 35.4. The van der Waals surface area contributed by atoms with Gasteiger partial charge in [-0.1, -0.05) is 239 Å². The van der Waals surface area contributed by atoms with Crippen molar-refractivity contribution in [3.05, 3.63) is 277 Å². The van der Waals surface area contributed by atoms with Gasteiger partial charge in [-0.05, 0) is 162 Å². The van der Waals surface area contributed by atoms with Crippen LogP contribution in [0.2, 0.25) is 39.3 Å². The second kappa shape index (κ2) is 21.0. The molecule has 0 saturated carbocycles. The summed E-state index contributed by atoms with van der Waals surface area (Å²) in [5.74, 6) is -0.569. The Morgan fingerprint density at radius 2 is 0.750 bits per heavy atom. The maximum absolute atomic E-state index is 18.1. The Morgan fingerprint density at radius 1 is 0.333 bits per heavy atom. The van der Waals surface area contributed by atoms with E-state index in [1.165, 1.54) is 38.0 Å². The van der Waals surface area contributed by atoms with Crippen molar-refractivity contribution in [1.82, 2.24) is 0 Å². The Hall–Kier alpha value is -8.95. The number of halogens is 2. The van der Waals surface area contributed by atoms with Gasteiger partial charge in [0.2, 0.25) is 0 Å². The predicted octanol–water partition coefficient (Wildman–Crippen LogP) is 21.6. The number of benzene rings is 12. The summed E-state index contributed by atoms with van der Waals surface area (Å²) in [6.45, 7) is 21.1. The highest BCUT2D eigenvalue weighted by Crippen LogP contribution is 2.55. The van der Waals surface area contributed by atoms with E-state index in [-0.39, 0.29) is 11.6 Å². The van der Waals surface area contributed by atoms with E-state index >= 15 is 8.78 Å². The number of anilines is 6. The van der Waals surface area contributed by atoms with Crippen molar-refractivity contribution in [3.8, 4) is 55.6 Å². The summed E-state index contributed by atoms with van der Waals surface area (Å²) in [6.07, 6.45) is 0. The summed E-state index contributed by atoms with van der Waals surface area (Å²) in [5.41, 5.74) is 16.5. The van der Waals surface area contributed by atoms with Crippen LogP contribution < -0.4 is 20.2 Å². The van der Waals surface area contributed by atoms with Crippen molar-refractivity contribution in [2.45, 2.75) is 65.5 Å². The highest BCUT2D eigenvalue weighted by atomic mass is 28.3. The first-order valence-electron chi connectivity index (χ1n) is 29.3. The Morgan fingerprint density at radius 3 is 1.20 bits per heavy atom. The summed E-state index contributed by atoms with van der Waals surface area (Å²) >= 11 is 0. The molecule has 12 aromatic rings. The van der Waals surface area contributed by atoms with Crippen LogP contribution in [0.4, 0.5) is 42.9 Å². The monoisotopic (exact) mass is 1130 g/mol. The molecule has 0 fully saturated rings. The van der Waals surface area contributed by atoms with E-state index < -0.39 is 21.6 Å². The lowest BCUT2D eigenvalue weighted by Crippen LogP contribution is -2.37. The molecule has 6 heteroatoms. The van der Waals surface area contributed by atoms with Gasteiger partial charge < -0.3 is 9.80 Å². The fraction of sp³-hybridized carbons (Fsp3) is 0.128. The lowest BCUT2D eigenvalue weighted by Gasteiger charge is -2.38. The number of hydrogen-bond acceptors (Lipinski definition) is 2. The van der Waals surface area contributed by atoms with Gasteiger partial charge in [0.1, 0.15) is 0 Å². The first-order valence-corrected chi connectivity index (χ1v) is 36.3.